The van der Waals surface area contributed by atoms with E-state index in [2.05, 4.69) is 47.2 Å². The van der Waals surface area contributed by atoms with Gasteiger partial charge < -0.3 is 10.2 Å². The van der Waals surface area contributed by atoms with Crippen LogP contribution in [0.4, 0.5) is 5.69 Å². The van der Waals surface area contributed by atoms with Gasteiger partial charge in [0.2, 0.25) is 5.91 Å². The van der Waals surface area contributed by atoms with Gasteiger partial charge in [0.05, 0.1) is 6.04 Å². The Morgan fingerprint density at radius 2 is 1.74 bits per heavy atom. The molecule has 0 aliphatic carbocycles. The molecule has 1 aliphatic heterocycles. The molecule has 1 fully saturated rings. The minimum absolute atomic E-state index is 0.0741. The van der Waals surface area contributed by atoms with E-state index < -0.39 is 0 Å². The smallest absolute Gasteiger partial charge is 0.237 e. The number of carbonyl (C=O) groups excluding carboxylic acids is 1. The Morgan fingerprint density at radius 1 is 1.13 bits per heavy atom. The van der Waals surface area contributed by atoms with Crippen LogP contribution < -0.4 is 10.2 Å². The van der Waals surface area contributed by atoms with Gasteiger partial charge in [0.15, 0.2) is 0 Å². The van der Waals surface area contributed by atoms with Crippen molar-refractivity contribution in [1.82, 2.24) is 10.2 Å². The van der Waals surface area contributed by atoms with E-state index in [1.54, 1.807) is 0 Å². The van der Waals surface area contributed by atoms with Crippen molar-refractivity contribution in [2.75, 3.05) is 31.1 Å². The number of rotatable bonds is 3. The highest BCUT2D eigenvalue weighted by Gasteiger charge is 2.28. The summed E-state index contributed by atoms with van der Waals surface area (Å²) in [6, 6.07) is 6.42. The molecule has 1 heterocycles. The normalized spacial score (nSPS) is 17.9. The largest absolute Gasteiger partial charge is 0.369 e. The maximum absolute atomic E-state index is 12.3. The zero-order valence-corrected chi connectivity index (χ0v) is 15.4. The van der Waals surface area contributed by atoms with Crippen LogP contribution in [0.5, 0.6) is 0 Å². The predicted molar refractivity (Wildman–Crippen MR) is 97.1 cm³/mol. The van der Waals surface area contributed by atoms with Crippen LogP contribution in [0, 0.1) is 13.8 Å². The Morgan fingerprint density at radius 3 is 2.30 bits per heavy atom. The number of hydrogen-bond acceptors (Lipinski definition) is 3. The summed E-state index contributed by atoms with van der Waals surface area (Å²) >= 11 is 0. The lowest BCUT2D eigenvalue weighted by Gasteiger charge is -2.39. The standard InChI is InChI=1S/C19H31N3O/c1-14-8-7-9-17(15(14)2)22-12-10-21(11-13-22)16(3)18(23)20-19(4,5)6/h7-9,16H,10-13H2,1-6H3,(H,20,23)/t16-/m0/s1. The van der Waals surface area contributed by atoms with Crippen LogP contribution in [0.1, 0.15) is 38.8 Å². The Balaban J connectivity index is 1.96. The number of nitrogens with one attached hydrogen (secondary N) is 1. The van der Waals surface area contributed by atoms with E-state index in [4.69, 9.17) is 0 Å². The number of aryl methyl sites for hydroxylation is 1. The van der Waals surface area contributed by atoms with Crippen molar-refractivity contribution in [2.45, 2.75) is 53.1 Å². The van der Waals surface area contributed by atoms with Gasteiger partial charge in [-0.05, 0) is 58.7 Å². The predicted octanol–water partition coefficient (Wildman–Crippen LogP) is 2.73. The number of hydrogen-bond donors (Lipinski definition) is 1. The third-order valence-electron chi connectivity index (χ3n) is 4.66. The highest BCUT2D eigenvalue weighted by atomic mass is 16.2. The minimum atomic E-state index is -0.175. The molecule has 2 rings (SSSR count). The van der Waals surface area contributed by atoms with Crippen molar-refractivity contribution < 1.29 is 4.79 Å². The molecule has 0 bridgehead atoms. The number of benzene rings is 1. The fraction of sp³-hybridized carbons (Fsp3) is 0.632. The number of nitrogens with zero attached hydrogens (tertiary/aromatic N) is 2. The quantitative estimate of drug-likeness (QED) is 0.931. The van der Waals surface area contributed by atoms with Crippen molar-refractivity contribution in [2.24, 2.45) is 0 Å². The van der Waals surface area contributed by atoms with Gasteiger partial charge >= 0.3 is 0 Å². The molecule has 1 aromatic carbocycles. The summed E-state index contributed by atoms with van der Waals surface area (Å²) in [4.78, 5) is 17.1. The van der Waals surface area contributed by atoms with Gasteiger partial charge in [0, 0.05) is 37.4 Å². The Kier molecular flexibility index (Phi) is 5.35. The Labute approximate surface area is 140 Å². The fourth-order valence-electron chi connectivity index (χ4n) is 3.07. The molecule has 4 nitrogen and oxygen atoms in total. The first-order valence-corrected chi connectivity index (χ1v) is 8.56. The van der Waals surface area contributed by atoms with Crippen LogP contribution in [-0.4, -0.2) is 48.6 Å². The van der Waals surface area contributed by atoms with Gasteiger partial charge in [-0.3, -0.25) is 9.69 Å². The number of piperazine rings is 1. The summed E-state index contributed by atoms with van der Waals surface area (Å²) in [5.74, 6) is 0.123. The van der Waals surface area contributed by atoms with Crippen LogP contribution in [0.15, 0.2) is 18.2 Å². The van der Waals surface area contributed by atoms with Gasteiger partial charge in [0.25, 0.3) is 0 Å². The molecule has 1 atom stereocenters. The van der Waals surface area contributed by atoms with Gasteiger partial charge in [-0.2, -0.15) is 0 Å². The first-order valence-electron chi connectivity index (χ1n) is 8.56. The topological polar surface area (TPSA) is 35.6 Å². The molecule has 1 amide bonds. The van der Waals surface area contributed by atoms with E-state index in [0.717, 1.165) is 26.2 Å². The van der Waals surface area contributed by atoms with Crippen LogP contribution in [0.2, 0.25) is 0 Å². The van der Waals surface area contributed by atoms with Gasteiger partial charge in [0.1, 0.15) is 0 Å². The summed E-state index contributed by atoms with van der Waals surface area (Å²) in [5, 5.41) is 3.08. The summed E-state index contributed by atoms with van der Waals surface area (Å²) < 4.78 is 0. The second-order valence-electron chi connectivity index (χ2n) is 7.66. The highest BCUT2D eigenvalue weighted by molar-refractivity contribution is 5.82. The lowest BCUT2D eigenvalue weighted by Crippen LogP contribution is -2.56. The third-order valence-corrected chi connectivity index (χ3v) is 4.66. The SMILES string of the molecule is Cc1cccc(N2CCN([C@@H](C)C(=O)NC(C)(C)C)CC2)c1C. The lowest BCUT2D eigenvalue weighted by atomic mass is 10.1. The summed E-state index contributed by atoms with van der Waals surface area (Å²) in [5.41, 5.74) is 3.85. The molecular formula is C19H31N3O. The van der Waals surface area contributed by atoms with Crippen LogP contribution in [-0.2, 0) is 4.79 Å². The summed E-state index contributed by atoms with van der Waals surface area (Å²) in [6.07, 6.45) is 0. The second-order valence-corrected chi connectivity index (χ2v) is 7.66. The number of carbonyl (C=O) groups is 1. The maximum atomic E-state index is 12.3. The highest BCUT2D eigenvalue weighted by Crippen LogP contribution is 2.24. The monoisotopic (exact) mass is 317 g/mol. The van der Waals surface area contributed by atoms with Crippen molar-refractivity contribution in [3.05, 3.63) is 29.3 Å². The molecule has 1 N–H and O–H groups in total. The zero-order chi connectivity index (χ0) is 17.2. The van der Waals surface area contributed by atoms with Crippen molar-refractivity contribution in [3.8, 4) is 0 Å². The average Bonchev–Trinajstić information content (AvgIpc) is 2.48. The molecule has 1 aromatic rings. The fourth-order valence-corrected chi connectivity index (χ4v) is 3.07. The van der Waals surface area contributed by atoms with Crippen molar-refractivity contribution in [1.29, 1.82) is 0 Å². The minimum Gasteiger partial charge on any atom is -0.369 e. The van der Waals surface area contributed by atoms with E-state index in [9.17, 15) is 4.79 Å². The van der Waals surface area contributed by atoms with E-state index >= 15 is 0 Å². The van der Waals surface area contributed by atoms with E-state index in [0.29, 0.717) is 0 Å². The van der Waals surface area contributed by atoms with Crippen LogP contribution in [0.3, 0.4) is 0 Å². The van der Waals surface area contributed by atoms with Crippen LogP contribution >= 0.6 is 0 Å². The molecule has 0 aromatic heterocycles. The van der Waals surface area contributed by atoms with Crippen LogP contribution in [0.25, 0.3) is 0 Å². The molecule has 0 saturated carbocycles. The van der Waals surface area contributed by atoms with Gasteiger partial charge in [-0.25, -0.2) is 0 Å². The molecule has 23 heavy (non-hydrogen) atoms. The molecule has 128 valence electrons. The summed E-state index contributed by atoms with van der Waals surface area (Å²) in [7, 11) is 0. The molecular weight excluding hydrogens is 286 g/mol. The first kappa shape index (κ1) is 17.8. The number of amides is 1. The van der Waals surface area contributed by atoms with E-state index in [1.165, 1.54) is 16.8 Å². The summed E-state index contributed by atoms with van der Waals surface area (Å²) in [6.45, 7) is 16.2. The van der Waals surface area contributed by atoms with Crippen molar-refractivity contribution in [3.63, 3.8) is 0 Å². The van der Waals surface area contributed by atoms with E-state index in [-0.39, 0.29) is 17.5 Å². The first-order chi connectivity index (χ1) is 10.7. The molecule has 4 heteroatoms. The van der Waals surface area contributed by atoms with Gasteiger partial charge in [-0.1, -0.05) is 12.1 Å². The van der Waals surface area contributed by atoms with Crippen molar-refractivity contribution >= 4 is 11.6 Å². The second kappa shape index (κ2) is 6.91. The average molecular weight is 317 g/mol. The molecule has 1 saturated heterocycles. The third kappa shape index (κ3) is 4.47. The maximum Gasteiger partial charge on any atom is 0.237 e. The lowest BCUT2D eigenvalue weighted by molar-refractivity contribution is -0.127. The van der Waals surface area contributed by atoms with E-state index in [1.807, 2.05) is 27.7 Å². The molecule has 1 aliphatic rings. The number of anilines is 1. The molecule has 0 spiro atoms. The van der Waals surface area contributed by atoms with Gasteiger partial charge in [-0.15, -0.1) is 0 Å². The Bertz CT molecular complexity index is 554. The Hall–Kier alpha value is -1.55. The zero-order valence-electron chi connectivity index (χ0n) is 15.4. The molecule has 0 radical (unpaired) electrons. The molecule has 0 unspecified atom stereocenters.